The normalized spacial score (nSPS) is 39.9. The number of fused-ring (bicyclic) bond motifs is 1. The quantitative estimate of drug-likeness (QED) is 0.0581. The van der Waals surface area contributed by atoms with E-state index in [1.165, 1.54) is 44.9 Å². The van der Waals surface area contributed by atoms with Crippen LogP contribution in [0, 0.1) is 38.5 Å². The van der Waals surface area contributed by atoms with Crippen LogP contribution in [-0.2, 0) is 39.6 Å². The van der Waals surface area contributed by atoms with Crippen molar-refractivity contribution in [2.45, 2.75) is 261 Å². The van der Waals surface area contributed by atoms with Crippen LogP contribution in [0.1, 0.15) is 128 Å². The van der Waals surface area contributed by atoms with Crippen molar-refractivity contribution in [3.63, 3.8) is 0 Å². The van der Waals surface area contributed by atoms with Crippen LogP contribution in [0.15, 0.2) is 0 Å². The van der Waals surface area contributed by atoms with Gasteiger partial charge in [-0.25, -0.2) is 0 Å². The van der Waals surface area contributed by atoms with E-state index in [9.17, 15) is 66.4 Å². The number of unbranched alkanes of at least 4 members (excludes halogenated alkanes) is 1. The number of hydrogen-bond donors (Lipinski definition) is 13. The van der Waals surface area contributed by atoms with Gasteiger partial charge in [0.2, 0.25) is 6.29 Å². The predicted molar refractivity (Wildman–Crippen MR) is 270 cm³/mol. The first-order chi connectivity index (χ1) is 36.0. The second-order valence-corrected chi connectivity index (χ2v) is 23.0. The van der Waals surface area contributed by atoms with Crippen molar-refractivity contribution in [1.29, 1.82) is 0 Å². The first-order valence-electron chi connectivity index (χ1n) is 27.6. The van der Waals surface area contributed by atoms with Gasteiger partial charge in [-0.05, 0) is 87.8 Å². The third-order valence-corrected chi connectivity index (χ3v) is 16.5. The van der Waals surface area contributed by atoms with Crippen molar-refractivity contribution >= 4 is 0 Å². The molecule has 0 bridgehead atoms. The van der Waals surface area contributed by atoms with E-state index in [4.69, 9.17) is 42.6 Å². The molecule has 22 heteroatoms. The van der Waals surface area contributed by atoms with E-state index in [0.717, 1.165) is 71.9 Å². The highest BCUT2D eigenvalue weighted by molar-refractivity contribution is 5.59. The molecule has 22 nitrogen and oxygen atoms in total. The molecular weight excluding hydrogens is 1000 g/mol. The Hall–Kier alpha value is -1.98. The maximum Gasteiger partial charge on any atom is 0.229 e. The van der Waals surface area contributed by atoms with Gasteiger partial charge >= 0.3 is 0 Å². The van der Waals surface area contributed by atoms with Crippen molar-refractivity contribution in [2.24, 2.45) is 17.8 Å². The molecule has 76 heavy (non-hydrogen) atoms. The second-order valence-electron chi connectivity index (χ2n) is 23.0. The van der Waals surface area contributed by atoms with Gasteiger partial charge < -0.3 is 109 Å². The first kappa shape index (κ1) is 63.2. The highest BCUT2D eigenvalue weighted by Crippen LogP contribution is 2.46. The monoisotopic (exact) mass is 1090 g/mol. The maximum absolute atomic E-state index is 11.5. The Kier molecular flexibility index (Phi) is 23.4. The highest BCUT2D eigenvalue weighted by atomic mass is 16.8. The lowest BCUT2D eigenvalue weighted by atomic mass is 9.83. The summed E-state index contributed by atoms with van der Waals surface area (Å²) in [6, 6.07) is 0. The number of rotatable bonds is 25. The molecule has 0 radical (unpaired) electrons. The van der Waals surface area contributed by atoms with E-state index < -0.39 is 149 Å². The van der Waals surface area contributed by atoms with Gasteiger partial charge in [0, 0.05) is 5.56 Å². The van der Waals surface area contributed by atoms with Crippen molar-refractivity contribution in [2.75, 3.05) is 26.4 Å². The molecule has 0 unspecified atom stereocenters. The van der Waals surface area contributed by atoms with Crippen molar-refractivity contribution in [3.05, 3.63) is 22.3 Å². The molecule has 23 atom stereocenters. The smallest absolute Gasteiger partial charge is 0.229 e. The van der Waals surface area contributed by atoms with E-state index in [1.807, 2.05) is 20.8 Å². The average Bonchev–Trinajstić information content (AvgIpc) is 3.40. The molecule has 0 spiro atoms. The fourth-order valence-electron chi connectivity index (χ4n) is 11.4. The molecule has 1 aromatic carbocycles. The van der Waals surface area contributed by atoms with Crippen LogP contribution in [0.3, 0.4) is 0 Å². The Balaban J connectivity index is 1.02. The van der Waals surface area contributed by atoms with Gasteiger partial charge in [-0.3, -0.25) is 0 Å². The van der Waals surface area contributed by atoms with Gasteiger partial charge in [0.05, 0.1) is 26.4 Å². The zero-order valence-electron chi connectivity index (χ0n) is 45.6. The molecule has 13 N–H and O–H groups in total. The van der Waals surface area contributed by atoms with Gasteiger partial charge in [0.25, 0.3) is 0 Å². The van der Waals surface area contributed by atoms with Crippen LogP contribution < -0.4 is 9.47 Å². The molecule has 6 rings (SSSR count). The minimum Gasteiger partial charge on any atom is -0.487 e. The number of aliphatic hydroxyl groups excluding tert-OH is 13. The molecule has 5 heterocycles. The van der Waals surface area contributed by atoms with Gasteiger partial charge in [-0.1, -0.05) is 79.1 Å². The molecule has 0 aliphatic carbocycles. The van der Waals surface area contributed by atoms with Crippen LogP contribution in [0.25, 0.3) is 0 Å². The Labute approximate surface area is 446 Å². The van der Waals surface area contributed by atoms with Crippen LogP contribution in [0.5, 0.6) is 11.5 Å². The summed E-state index contributed by atoms with van der Waals surface area (Å²) in [7, 11) is 0. The van der Waals surface area contributed by atoms with E-state index in [1.54, 1.807) is 0 Å². The largest absolute Gasteiger partial charge is 0.487 e. The van der Waals surface area contributed by atoms with Crippen molar-refractivity contribution in [3.8, 4) is 11.5 Å². The summed E-state index contributed by atoms with van der Waals surface area (Å²) in [5.41, 5.74) is 3.00. The van der Waals surface area contributed by atoms with Gasteiger partial charge in [0.15, 0.2) is 18.9 Å². The molecule has 4 saturated heterocycles. The van der Waals surface area contributed by atoms with Crippen LogP contribution in [0.4, 0.5) is 0 Å². The van der Waals surface area contributed by atoms with E-state index >= 15 is 0 Å². The topological polar surface area (TPSA) is 346 Å². The van der Waals surface area contributed by atoms with Crippen LogP contribution >= 0.6 is 0 Å². The number of aliphatic hydroxyl groups is 13. The van der Waals surface area contributed by atoms with E-state index in [-0.39, 0.29) is 5.60 Å². The molecule has 0 saturated carbocycles. The minimum atomic E-state index is -2.04. The van der Waals surface area contributed by atoms with Gasteiger partial charge in [0.1, 0.15) is 115 Å². The molecule has 0 aromatic heterocycles. The highest BCUT2D eigenvalue weighted by Gasteiger charge is 2.55. The molecule has 5 aliphatic rings. The first-order valence-corrected chi connectivity index (χ1v) is 27.6. The predicted octanol–water partition coefficient (Wildman–Crippen LogP) is 0.176. The standard InChI is InChI=1S/C54H92O22/c1-25(2)13-9-10-14-26(3)15-11-16-27(4)17-12-19-54(8)20-18-31-30(7)45(28(5)29(6)46(31)76-54)72-51-42(65)38(61)48(33(22-56)69-51)74-53-44(67)40(63)49(35(24-58)71-53)75-52-43(66)39(62)47(34(23-57)70-52)73-50-41(64)37(60)36(59)32(21-55)68-50/h25-27,32-44,47-53,55-67H,9-24H2,1-8H3/t26-,27-,32-,33-,34-,35-,36+,37+,38-,39-,40-,41-,42-,43-,44-,47+,48-,49+,50+,51+,52+,53+,54-/m1/s1. The summed E-state index contributed by atoms with van der Waals surface area (Å²) < 4.78 is 53.2. The third-order valence-electron chi connectivity index (χ3n) is 16.5. The molecule has 0 amide bonds. The molecule has 5 aliphatic heterocycles. The summed E-state index contributed by atoms with van der Waals surface area (Å²) in [6.07, 6.45) is -21.3. The Morgan fingerprint density at radius 2 is 0.882 bits per heavy atom. The molecule has 440 valence electrons. The number of hydrogen-bond acceptors (Lipinski definition) is 22. The summed E-state index contributed by atoms with van der Waals surface area (Å²) in [5, 5.41) is 139. The SMILES string of the molecule is Cc1c(C)c2c(c(C)c1O[C@@H]1O[C@H](CO)[C@@H](O[C@@H]3O[C@H](CO)[C@H](O[C@@H]4O[C@H](CO)[C@H](O[C@@H]5O[C@H](CO)[C@H](O)[C@H](O)[C@H]5O)[C@H](O)[C@H]4O)[C@H](O)[C@H]3O)[C@H](O)[C@H]1O)CC[C@@](C)(CCC[C@H](C)CCC[C@H](C)CCCCC(C)C)O2. The average molecular weight is 1090 g/mol. The minimum absolute atomic E-state index is 0.346. The second kappa shape index (κ2) is 28.1. The van der Waals surface area contributed by atoms with Crippen molar-refractivity contribution < 1.29 is 109 Å². The summed E-state index contributed by atoms with van der Waals surface area (Å²) in [6.45, 7) is 13.9. The lowest BCUT2D eigenvalue weighted by Gasteiger charge is -2.49. The zero-order chi connectivity index (χ0) is 55.9. The fraction of sp³-hybridized carbons (Fsp3) is 0.889. The summed E-state index contributed by atoms with van der Waals surface area (Å²) in [4.78, 5) is 0. The van der Waals surface area contributed by atoms with E-state index in [0.29, 0.717) is 11.7 Å². The van der Waals surface area contributed by atoms with Crippen LogP contribution in [0.2, 0.25) is 0 Å². The van der Waals surface area contributed by atoms with Crippen LogP contribution in [-0.4, -0.2) is 221 Å². The Morgan fingerprint density at radius 3 is 1.36 bits per heavy atom. The summed E-state index contributed by atoms with van der Waals surface area (Å²) >= 11 is 0. The maximum atomic E-state index is 11.5. The number of benzene rings is 1. The molecular formula is C54H92O22. The van der Waals surface area contributed by atoms with Gasteiger partial charge in [-0.15, -0.1) is 0 Å². The lowest BCUT2D eigenvalue weighted by Crippen LogP contribution is -2.67. The summed E-state index contributed by atoms with van der Waals surface area (Å²) in [5.74, 6) is 3.42. The Bertz CT molecular complexity index is 1920. The molecule has 1 aromatic rings. The zero-order valence-corrected chi connectivity index (χ0v) is 45.6. The third kappa shape index (κ3) is 14.7. The Morgan fingerprint density at radius 1 is 0.474 bits per heavy atom. The van der Waals surface area contributed by atoms with Crippen molar-refractivity contribution in [1.82, 2.24) is 0 Å². The fourth-order valence-corrected chi connectivity index (χ4v) is 11.4. The van der Waals surface area contributed by atoms with Gasteiger partial charge in [-0.2, -0.15) is 0 Å². The lowest BCUT2D eigenvalue weighted by molar-refractivity contribution is -0.387. The molecule has 4 fully saturated rings. The number of ether oxygens (including phenoxy) is 9. The van der Waals surface area contributed by atoms with E-state index in [2.05, 4.69) is 34.6 Å².